The van der Waals surface area contributed by atoms with E-state index in [1.807, 2.05) is 13.8 Å². The molecule has 24 heavy (non-hydrogen) atoms. The summed E-state index contributed by atoms with van der Waals surface area (Å²) < 4.78 is 5.32. The van der Waals surface area contributed by atoms with Crippen molar-refractivity contribution in [1.29, 1.82) is 0 Å². The van der Waals surface area contributed by atoms with Crippen LogP contribution in [0.5, 0.6) is 0 Å². The maximum atomic E-state index is 12.1. The molecule has 2 aromatic heterocycles. The lowest BCUT2D eigenvalue weighted by Gasteiger charge is -2.00. The number of carboxylic acid groups (broad SMARTS) is 1. The van der Waals surface area contributed by atoms with Crippen LogP contribution >= 0.6 is 0 Å². The van der Waals surface area contributed by atoms with Crippen molar-refractivity contribution in [2.45, 2.75) is 26.7 Å². The van der Waals surface area contributed by atoms with Crippen LogP contribution < -0.4 is 5.43 Å². The molecule has 0 aliphatic carbocycles. The first-order chi connectivity index (χ1) is 11.5. The molecule has 0 spiro atoms. The third-order valence-electron chi connectivity index (χ3n) is 4.03. The number of rotatable bonds is 5. The lowest BCUT2D eigenvalue weighted by molar-refractivity contribution is -0.137. The molecule has 0 saturated heterocycles. The Bertz CT molecular complexity index is 857. The smallest absolute Gasteiger partial charge is 0.303 e. The highest BCUT2D eigenvalue weighted by molar-refractivity contribution is 6.32. The van der Waals surface area contributed by atoms with Crippen LogP contribution in [0.25, 0.3) is 6.08 Å². The number of aryl methyl sites for hydroxylation is 1. The van der Waals surface area contributed by atoms with E-state index in [4.69, 9.17) is 9.52 Å². The molecule has 3 heterocycles. The van der Waals surface area contributed by atoms with Crippen LogP contribution in [0.15, 0.2) is 33.5 Å². The van der Waals surface area contributed by atoms with Gasteiger partial charge in [-0.05, 0) is 49.6 Å². The number of amides is 1. The van der Waals surface area contributed by atoms with E-state index in [9.17, 15) is 9.59 Å². The molecule has 2 aromatic rings. The highest BCUT2D eigenvalue weighted by atomic mass is 16.4. The molecule has 124 valence electrons. The lowest BCUT2D eigenvalue weighted by Crippen LogP contribution is -2.13. The van der Waals surface area contributed by atoms with Gasteiger partial charge < -0.3 is 14.5 Å². The van der Waals surface area contributed by atoms with Crippen molar-refractivity contribution in [1.82, 2.24) is 10.4 Å². The van der Waals surface area contributed by atoms with Gasteiger partial charge in [-0.2, -0.15) is 5.10 Å². The fraction of sp³-hybridized carbons (Fsp3) is 0.235. The van der Waals surface area contributed by atoms with Gasteiger partial charge in [0.2, 0.25) is 0 Å². The molecule has 3 N–H and O–H groups in total. The van der Waals surface area contributed by atoms with Gasteiger partial charge in [-0.3, -0.25) is 9.59 Å². The molecule has 3 rings (SSSR count). The maximum absolute atomic E-state index is 12.1. The minimum atomic E-state index is -0.836. The average Bonchev–Trinajstić information content (AvgIpc) is 3.21. The van der Waals surface area contributed by atoms with Crippen LogP contribution in [0.4, 0.5) is 0 Å². The molecule has 0 fully saturated rings. The summed E-state index contributed by atoms with van der Waals surface area (Å²) in [6.07, 6.45) is 3.75. The topological polar surface area (TPSA) is 108 Å². The van der Waals surface area contributed by atoms with E-state index >= 15 is 0 Å². The number of carboxylic acids is 1. The van der Waals surface area contributed by atoms with E-state index < -0.39 is 5.97 Å². The van der Waals surface area contributed by atoms with Gasteiger partial charge in [-0.1, -0.05) is 0 Å². The minimum Gasteiger partial charge on any atom is -0.481 e. The van der Waals surface area contributed by atoms with E-state index in [0.717, 1.165) is 22.5 Å². The first-order valence-electron chi connectivity index (χ1n) is 7.51. The number of hydrazone groups is 1. The largest absolute Gasteiger partial charge is 0.481 e. The summed E-state index contributed by atoms with van der Waals surface area (Å²) in [5, 5.41) is 12.9. The summed E-state index contributed by atoms with van der Waals surface area (Å²) >= 11 is 0. The van der Waals surface area contributed by atoms with Crippen LogP contribution in [0.2, 0.25) is 0 Å². The molecule has 0 unspecified atom stereocenters. The molecule has 7 nitrogen and oxygen atoms in total. The van der Waals surface area contributed by atoms with Crippen molar-refractivity contribution in [2.75, 3.05) is 0 Å². The average molecular weight is 327 g/mol. The van der Waals surface area contributed by atoms with E-state index in [1.54, 1.807) is 18.2 Å². The molecule has 1 aliphatic heterocycles. The van der Waals surface area contributed by atoms with Crippen molar-refractivity contribution >= 4 is 23.7 Å². The number of hydrogen-bond acceptors (Lipinski definition) is 4. The zero-order chi connectivity index (χ0) is 17.3. The Hall–Kier alpha value is -3.09. The Morgan fingerprint density at radius 1 is 1.42 bits per heavy atom. The van der Waals surface area contributed by atoms with Crippen LogP contribution in [0.1, 0.15) is 34.7 Å². The lowest BCUT2D eigenvalue weighted by atomic mass is 10.0. The van der Waals surface area contributed by atoms with Gasteiger partial charge in [0, 0.05) is 17.8 Å². The second-order valence-electron chi connectivity index (χ2n) is 5.60. The second-order valence-corrected chi connectivity index (χ2v) is 5.60. The number of carbonyl (C=O) groups excluding carboxylic acids is 1. The van der Waals surface area contributed by atoms with E-state index in [1.165, 1.54) is 6.26 Å². The SMILES string of the molecule is Cc1[nH]c(C=C2C(=O)NN=C2c2ccco2)c(C)c1CCC(=O)O. The Morgan fingerprint density at radius 3 is 2.88 bits per heavy atom. The van der Waals surface area contributed by atoms with Gasteiger partial charge in [-0.25, -0.2) is 5.43 Å². The highest BCUT2D eigenvalue weighted by Gasteiger charge is 2.26. The van der Waals surface area contributed by atoms with Crippen molar-refractivity contribution in [2.24, 2.45) is 5.10 Å². The minimum absolute atomic E-state index is 0.0646. The normalized spacial score (nSPS) is 15.7. The predicted octanol–water partition coefficient (Wildman–Crippen LogP) is 2.16. The maximum Gasteiger partial charge on any atom is 0.303 e. The summed E-state index contributed by atoms with van der Waals surface area (Å²) in [5.74, 6) is -0.635. The highest BCUT2D eigenvalue weighted by Crippen LogP contribution is 2.24. The number of carbonyl (C=O) groups is 2. The molecule has 0 radical (unpaired) electrons. The van der Waals surface area contributed by atoms with Gasteiger partial charge in [0.15, 0.2) is 5.76 Å². The molecule has 0 bridgehead atoms. The zero-order valence-electron chi connectivity index (χ0n) is 13.3. The monoisotopic (exact) mass is 327 g/mol. The first-order valence-corrected chi connectivity index (χ1v) is 7.51. The number of hydrogen-bond donors (Lipinski definition) is 3. The molecule has 7 heteroatoms. The van der Waals surface area contributed by atoms with Crippen LogP contribution in [0.3, 0.4) is 0 Å². The Labute approximate surface area is 138 Å². The van der Waals surface area contributed by atoms with Crippen LogP contribution in [-0.4, -0.2) is 27.7 Å². The molecule has 1 aliphatic rings. The molecule has 0 saturated carbocycles. The summed E-state index contributed by atoms with van der Waals surface area (Å²) in [6, 6.07) is 3.46. The predicted molar refractivity (Wildman–Crippen MR) is 87.6 cm³/mol. The van der Waals surface area contributed by atoms with Gasteiger partial charge in [0.1, 0.15) is 5.71 Å². The molecule has 1 amide bonds. The quantitative estimate of drug-likeness (QED) is 0.731. The number of furan rings is 1. The number of nitrogens with one attached hydrogen (secondary N) is 2. The third kappa shape index (κ3) is 2.88. The first kappa shape index (κ1) is 15.8. The molecular formula is C17H17N3O4. The Morgan fingerprint density at radius 2 is 2.21 bits per heavy atom. The van der Waals surface area contributed by atoms with Crippen LogP contribution in [-0.2, 0) is 16.0 Å². The second kappa shape index (κ2) is 6.19. The van der Waals surface area contributed by atoms with Crippen LogP contribution in [0, 0.1) is 13.8 Å². The van der Waals surface area contributed by atoms with Gasteiger partial charge >= 0.3 is 5.97 Å². The Kier molecular flexibility index (Phi) is 4.07. The van der Waals surface area contributed by atoms with Crippen molar-refractivity contribution < 1.29 is 19.1 Å². The van der Waals surface area contributed by atoms with E-state index in [2.05, 4.69) is 15.5 Å². The number of aliphatic carboxylic acids is 1. The standard InChI is InChI=1S/C17H17N3O4/c1-9-11(5-6-15(21)22)10(2)18-13(9)8-12-16(19-20-17(12)23)14-4-3-7-24-14/h3-4,7-8,18H,5-6H2,1-2H3,(H,20,23)(H,21,22). The Balaban J connectivity index is 1.96. The fourth-order valence-corrected chi connectivity index (χ4v) is 2.78. The van der Waals surface area contributed by atoms with E-state index in [0.29, 0.717) is 23.5 Å². The number of aromatic nitrogens is 1. The van der Waals surface area contributed by atoms with Gasteiger partial charge in [0.25, 0.3) is 5.91 Å². The molecule has 0 aromatic carbocycles. The molecular weight excluding hydrogens is 310 g/mol. The van der Waals surface area contributed by atoms with E-state index in [-0.39, 0.29) is 12.3 Å². The molecule has 0 atom stereocenters. The van der Waals surface area contributed by atoms with Gasteiger partial charge in [0.05, 0.1) is 11.8 Å². The number of H-pyrrole nitrogens is 1. The number of nitrogens with zero attached hydrogens (tertiary/aromatic N) is 1. The van der Waals surface area contributed by atoms with Crippen molar-refractivity contribution in [3.63, 3.8) is 0 Å². The summed E-state index contributed by atoms with van der Waals surface area (Å²) in [4.78, 5) is 26.1. The zero-order valence-corrected chi connectivity index (χ0v) is 13.3. The number of aromatic amines is 1. The van der Waals surface area contributed by atoms with Gasteiger partial charge in [-0.15, -0.1) is 0 Å². The third-order valence-corrected chi connectivity index (χ3v) is 4.03. The van der Waals surface area contributed by atoms with Crippen molar-refractivity contribution in [3.05, 3.63) is 52.2 Å². The van der Waals surface area contributed by atoms with Crippen molar-refractivity contribution in [3.8, 4) is 0 Å². The summed E-state index contributed by atoms with van der Waals surface area (Å²) in [7, 11) is 0. The fourth-order valence-electron chi connectivity index (χ4n) is 2.78. The summed E-state index contributed by atoms with van der Waals surface area (Å²) in [5.41, 5.74) is 6.84. The summed E-state index contributed by atoms with van der Waals surface area (Å²) in [6.45, 7) is 3.80.